The second-order valence-electron chi connectivity index (χ2n) is 7.51. The number of pyridine rings is 1. The average molecular weight is 390 g/mol. The van der Waals surface area contributed by atoms with Crippen LogP contribution in [0.1, 0.15) is 29.9 Å². The lowest BCUT2D eigenvalue weighted by atomic mass is 9.96. The predicted molar refractivity (Wildman–Crippen MR) is 110 cm³/mol. The molecule has 7 heteroatoms. The van der Waals surface area contributed by atoms with E-state index in [0.717, 1.165) is 46.3 Å². The molecule has 1 aliphatic carbocycles. The molecule has 1 aliphatic rings. The maximum atomic E-state index is 12.4. The van der Waals surface area contributed by atoms with Crippen LogP contribution in [0.4, 0.5) is 5.69 Å². The summed E-state index contributed by atoms with van der Waals surface area (Å²) in [6.45, 7) is 1.85. The Morgan fingerprint density at radius 3 is 3.00 bits per heavy atom. The highest BCUT2D eigenvalue weighted by Gasteiger charge is 2.18. The highest BCUT2D eigenvalue weighted by molar-refractivity contribution is 5.94. The number of aromatic nitrogens is 3. The second-order valence-corrected chi connectivity index (χ2v) is 7.51. The molecule has 5 rings (SSSR count). The molecule has 3 heterocycles. The van der Waals surface area contributed by atoms with Crippen LogP contribution in [0.15, 0.2) is 34.9 Å². The number of nitrogens with zero attached hydrogens (tertiary/aromatic N) is 3. The van der Waals surface area contributed by atoms with E-state index in [9.17, 15) is 4.79 Å². The van der Waals surface area contributed by atoms with Gasteiger partial charge in [0.05, 0.1) is 17.6 Å². The van der Waals surface area contributed by atoms with Crippen molar-refractivity contribution in [1.29, 1.82) is 0 Å². The fourth-order valence-corrected chi connectivity index (χ4v) is 4.05. The molecule has 29 heavy (non-hydrogen) atoms. The minimum Gasteiger partial charge on any atom is -0.484 e. The van der Waals surface area contributed by atoms with Gasteiger partial charge in [-0.2, -0.15) is 5.10 Å². The Balaban J connectivity index is 1.28. The quantitative estimate of drug-likeness (QED) is 0.571. The summed E-state index contributed by atoms with van der Waals surface area (Å²) in [5.74, 6) is 1.52. The summed E-state index contributed by atoms with van der Waals surface area (Å²) in [5, 5.41) is 9.20. The number of rotatable bonds is 4. The third kappa shape index (κ3) is 3.22. The smallest absolute Gasteiger partial charge is 0.262 e. The molecular weight excluding hydrogens is 368 g/mol. The van der Waals surface area contributed by atoms with Gasteiger partial charge in [-0.05, 0) is 50.5 Å². The number of benzene rings is 1. The predicted octanol–water partition coefficient (Wildman–Crippen LogP) is 3.92. The first-order valence-corrected chi connectivity index (χ1v) is 9.85. The molecule has 0 atom stereocenters. The SMILES string of the molecule is Cc1nn(C)c2ncc(NC(=O)COc3ccc4oc5c(c4c3)CCCC5)cc12. The number of aryl methyl sites for hydroxylation is 4. The number of fused-ring (bicyclic) bond motifs is 4. The van der Waals surface area contributed by atoms with E-state index in [-0.39, 0.29) is 12.5 Å². The molecule has 3 aromatic heterocycles. The van der Waals surface area contributed by atoms with Crippen LogP contribution in [-0.4, -0.2) is 27.3 Å². The lowest BCUT2D eigenvalue weighted by molar-refractivity contribution is -0.118. The number of anilines is 1. The van der Waals surface area contributed by atoms with E-state index < -0.39 is 0 Å². The molecule has 0 unspecified atom stereocenters. The van der Waals surface area contributed by atoms with Gasteiger partial charge >= 0.3 is 0 Å². The largest absolute Gasteiger partial charge is 0.484 e. The topological polar surface area (TPSA) is 82.2 Å². The van der Waals surface area contributed by atoms with Crippen molar-refractivity contribution in [3.8, 4) is 5.75 Å². The number of hydrogen-bond acceptors (Lipinski definition) is 5. The molecule has 1 amide bonds. The molecule has 0 bridgehead atoms. The van der Waals surface area contributed by atoms with Gasteiger partial charge in [0.15, 0.2) is 12.3 Å². The zero-order valence-corrected chi connectivity index (χ0v) is 16.5. The highest BCUT2D eigenvalue weighted by atomic mass is 16.5. The van der Waals surface area contributed by atoms with E-state index >= 15 is 0 Å². The van der Waals surface area contributed by atoms with E-state index in [0.29, 0.717) is 11.4 Å². The highest BCUT2D eigenvalue weighted by Crippen LogP contribution is 2.34. The number of carbonyl (C=O) groups is 1. The van der Waals surface area contributed by atoms with Gasteiger partial charge < -0.3 is 14.5 Å². The van der Waals surface area contributed by atoms with Crippen molar-refractivity contribution in [2.24, 2.45) is 7.05 Å². The first kappa shape index (κ1) is 17.7. The Kier molecular flexibility index (Phi) is 4.23. The number of amides is 1. The Morgan fingerprint density at radius 1 is 1.24 bits per heavy atom. The number of nitrogens with one attached hydrogen (secondary N) is 1. The summed E-state index contributed by atoms with van der Waals surface area (Å²) >= 11 is 0. The molecule has 7 nitrogen and oxygen atoms in total. The Hall–Kier alpha value is -3.35. The molecule has 148 valence electrons. The van der Waals surface area contributed by atoms with Gasteiger partial charge in [-0.25, -0.2) is 4.98 Å². The van der Waals surface area contributed by atoms with Gasteiger partial charge in [0.2, 0.25) is 0 Å². The summed E-state index contributed by atoms with van der Waals surface area (Å²) in [6.07, 6.45) is 6.03. The fourth-order valence-electron chi connectivity index (χ4n) is 4.05. The van der Waals surface area contributed by atoms with Gasteiger partial charge in [-0.3, -0.25) is 9.48 Å². The number of hydrogen-bond donors (Lipinski definition) is 1. The molecular formula is C22H22N4O3. The third-order valence-corrected chi connectivity index (χ3v) is 5.44. The monoisotopic (exact) mass is 390 g/mol. The van der Waals surface area contributed by atoms with Crippen LogP contribution >= 0.6 is 0 Å². The van der Waals surface area contributed by atoms with E-state index in [2.05, 4.69) is 15.4 Å². The van der Waals surface area contributed by atoms with Crippen LogP contribution < -0.4 is 10.1 Å². The molecule has 0 aliphatic heterocycles. The van der Waals surface area contributed by atoms with E-state index in [1.165, 1.54) is 18.4 Å². The Labute approximate surface area is 167 Å². The second kappa shape index (κ2) is 6.92. The minimum absolute atomic E-state index is 0.0738. The lowest BCUT2D eigenvalue weighted by Crippen LogP contribution is -2.20. The molecule has 1 N–H and O–H groups in total. The molecule has 0 fully saturated rings. The lowest BCUT2D eigenvalue weighted by Gasteiger charge is -2.09. The van der Waals surface area contributed by atoms with Crippen molar-refractivity contribution in [3.63, 3.8) is 0 Å². The summed E-state index contributed by atoms with van der Waals surface area (Å²) in [6, 6.07) is 7.62. The van der Waals surface area contributed by atoms with E-state index in [1.54, 1.807) is 10.9 Å². The van der Waals surface area contributed by atoms with Crippen molar-refractivity contribution >= 4 is 33.6 Å². The van der Waals surface area contributed by atoms with E-state index in [1.807, 2.05) is 38.2 Å². The maximum Gasteiger partial charge on any atom is 0.262 e. The van der Waals surface area contributed by atoms with Crippen LogP contribution in [-0.2, 0) is 24.7 Å². The normalized spacial score (nSPS) is 13.6. The van der Waals surface area contributed by atoms with Gasteiger partial charge in [0, 0.05) is 29.8 Å². The summed E-state index contributed by atoms with van der Waals surface area (Å²) in [7, 11) is 1.85. The Bertz CT molecular complexity index is 1240. The minimum atomic E-state index is -0.234. The maximum absolute atomic E-state index is 12.4. The van der Waals surface area contributed by atoms with Crippen molar-refractivity contribution in [1.82, 2.24) is 14.8 Å². The van der Waals surface area contributed by atoms with Gasteiger partial charge in [0.1, 0.15) is 17.1 Å². The summed E-state index contributed by atoms with van der Waals surface area (Å²) in [4.78, 5) is 16.7. The third-order valence-electron chi connectivity index (χ3n) is 5.44. The van der Waals surface area contributed by atoms with Crippen molar-refractivity contribution in [3.05, 3.63) is 47.5 Å². The number of ether oxygens (including phenoxy) is 1. The van der Waals surface area contributed by atoms with Crippen LogP contribution in [0.25, 0.3) is 22.0 Å². The van der Waals surface area contributed by atoms with Crippen LogP contribution in [0, 0.1) is 6.92 Å². The summed E-state index contributed by atoms with van der Waals surface area (Å²) < 4.78 is 13.4. The molecule has 0 spiro atoms. The van der Waals surface area contributed by atoms with Crippen molar-refractivity contribution < 1.29 is 13.9 Å². The van der Waals surface area contributed by atoms with Gasteiger partial charge in [-0.1, -0.05) is 0 Å². The molecule has 1 aromatic carbocycles. The van der Waals surface area contributed by atoms with Crippen LogP contribution in [0.2, 0.25) is 0 Å². The fraction of sp³-hybridized carbons (Fsp3) is 0.318. The summed E-state index contributed by atoms with van der Waals surface area (Å²) in [5.41, 5.74) is 4.46. The number of carbonyl (C=O) groups excluding carboxylic acids is 1. The van der Waals surface area contributed by atoms with Crippen molar-refractivity contribution in [2.45, 2.75) is 32.6 Å². The van der Waals surface area contributed by atoms with Crippen molar-refractivity contribution in [2.75, 3.05) is 11.9 Å². The Morgan fingerprint density at radius 2 is 2.10 bits per heavy atom. The molecule has 0 saturated heterocycles. The first-order valence-electron chi connectivity index (χ1n) is 9.85. The first-order chi connectivity index (χ1) is 14.1. The number of furan rings is 1. The average Bonchev–Trinajstić information content (AvgIpc) is 3.23. The van der Waals surface area contributed by atoms with E-state index in [4.69, 9.17) is 9.15 Å². The van der Waals surface area contributed by atoms with Crippen LogP contribution in [0.3, 0.4) is 0 Å². The van der Waals surface area contributed by atoms with Crippen LogP contribution in [0.5, 0.6) is 5.75 Å². The van der Waals surface area contributed by atoms with Gasteiger partial charge in [-0.15, -0.1) is 0 Å². The molecule has 0 radical (unpaired) electrons. The zero-order chi connectivity index (χ0) is 20.0. The molecule has 0 saturated carbocycles. The molecule has 4 aromatic rings. The zero-order valence-electron chi connectivity index (χ0n) is 16.5. The van der Waals surface area contributed by atoms with Gasteiger partial charge in [0.25, 0.3) is 5.91 Å². The standard InChI is InChI=1S/C22H22N4O3/c1-13-17-9-14(11-23-22(17)26(2)25-13)24-21(27)12-28-15-7-8-20-18(10-15)16-5-3-4-6-19(16)29-20/h7-11H,3-6,12H2,1-2H3,(H,24,27).